The van der Waals surface area contributed by atoms with Gasteiger partial charge in [0.15, 0.2) is 0 Å². The third kappa shape index (κ3) is 3.99. The maximum absolute atomic E-state index is 13.6. The summed E-state index contributed by atoms with van der Waals surface area (Å²) in [7, 11) is 1.92. The summed E-state index contributed by atoms with van der Waals surface area (Å²) in [6.45, 7) is 2.51. The highest BCUT2D eigenvalue weighted by Gasteiger charge is 2.36. The Balaban J connectivity index is 1.71. The molecule has 4 rings (SSSR count). The summed E-state index contributed by atoms with van der Waals surface area (Å²) in [5.74, 6) is 0.678. The van der Waals surface area contributed by atoms with Crippen molar-refractivity contribution in [3.63, 3.8) is 0 Å². The van der Waals surface area contributed by atoms with E-state index in [2.05, 4.69) is 17.1 Å². The van der Waals surface area contributed by atoms with Crippen molar-refractivity contribution in [3.8, 4) is 11.1 Å². The first-order valence-electron chi connectivity index (χ1n) is 10.2. The Kier molecular flexibility index (Phi) is 5.65. The van der Waals surface area contributed by atoms with Crippen molar-refractivity contribution >= 4 is 17.5 Å². The largest absolute Gasteiger partial charge is 0.337 e. The van der Waals surface area contributed by atoms with Crippen LogP contribution in [0.5, 0.6) is 0 Å². The lowest BCUT2D eigenvalue weighted by atomic mass is 10.0. The molecular formula is C24H26N4O2. The molecule has 0 radical (unpaired) electrons. The van der Waals surface area contributed by atoms with Gasteiger partial charge in [-0.3, -0.25) is 9.59 Å². The number of hydrogen-bond acceptors (Lipinski definition) is 3. The predicted molar refractivity (Wildman–Crippen MR) is 117 cm³/mol. The molecule has 1 fully saturated rings. The minimum absolute atomic E-state index is 0.0548. The van der Waals surface area contributed by atoms with Crippen LogP contribution in [-0.2, 0) is 23.2 Å². The average Bonchev–Trinajstić information content (AvgIpc) is 3.41. The molecule has 1 aliphatic heterocycles. The molecule has 0 bridgehead atoms. The molecule has 0 N–H and O–H groups in total. The van der Waals surface area contributed by atoms with Crippen molar-refractivity contribution in [3.05, 3.63) is 72.8 Å². The Morgan fingerprint density at radius 3 is 2.57 bits per heavy atom. The van der Waals surface area contributed by atoms with Crippen LogP contribution in [0.15, 0.2) is 67.0 Å². The van der Waals surface area contributed by atoms with Crippen LogP contribution in [0.3, 0.4) is 0 Å². The van der Waals surface area contributed by atoms with Crippen LogP contribution in [0.1, 0.15) is 25.6 Å². The number of aryl methyl sites for hydroxylation is 1. The molecular weight excluding hydrogens is 376 g/mol. The van der Waals surface area contributed by atoms with Gasteiger partial charge in [-0.1, -0.05) is 42.5 Å². The van der Waals surface area contributed by atoms with E-state index in [1.54, 1.807) is 16.0 Å². The van der Waals surface area contributed by atoms with E-state index in [0.717, 1.165) is 29.1 Å². The number of hydrogen-bond donors (Lipinski definition) is 0. The van der Waals surface area contributed by atoms with Gasteiger partial charge in [0.1, 0.15) is 11.9 Å². The number of likely N-dealkylation sites (tertiary alicyclic amines) is 1. The van der Waals surface area contributed by atoms with E-state index in [4.69, 9.17) is 0 Å². The van der Waals surface area contributed by atoms with E-state index in [1.807, 2.05) is 60.3 Å². The van der Waals surface area contributed by atoms with Crippen LogP contribution in [0.25, 0.3) is 11.1 Å². The summed E-state index contributed by atoms with van der Waals surface area (Å²) < 4.78 is 1.92. The molecule has 2 aromatic carbocycles. The van der Waals surface area contributed by atoms with E-state index in [-0.39, 0.29) is 11.8 Å². The predicted octanol–water partition coefficient (Wildman–Crippen LogP) is 3.63. The van der Waals surface area contributed by atoms with E-state index < -0.39 is 6.04 Å². The minimum atomic E-state index is -0.428. The van der Waals surface area contributed by atoms with Gasteiger partial charge in [-0.2, -0.15) is 0 Å². The van der Waals surface area contributed by atoms with Crippen molar-refractivity contribution in [2.45, 2.75) is 32.4 Å². The fourth-order valence-corrected chi connectivity index (χ4v) is 4.05. The maximum atomic E-state index is 13.6. The number of nitrogens with zero attached hydrogens (tertiary/aromatic N) is 4. The third-order valence-corrected chi connectivity index (χ3v) is 5.69. The van der Waals surface area contributed by atoms with E-state index in [0.29, 0.717) is 19.5 Å². The lowest BCUT2D eigenvalue weighted by Gasteiger charge is -2.30. The average molecular weight is 402 g/mol. The van der Waals surface area contributed by atoms with Crippen LogP contribution < -0.4 is 4.90 Å². The molecule has 1 atom stereocenters. The molecule has 1 aromatic heterocycles. The fourth-order valence-electron chi connectivity index (χ4n) is 4.05. The van der Waals surface area contributed by atoms with Gasteiger partial charge in [0, 0.05) is 38.6 Å². The van der Waals surface area contributed by atoms with Crippen LogP contribution in [0, 0.1) is 0 Å². The molecule has 1 saturated heterocycles. The first-order chi connectivity index (χ1) is 14.5. The van der Waals surface area contributed by atoms with Crippen LogP contribution in [0.2, 0.25) is 0 Å². The highest BCUT2D eigenvalue weighted by molar-refractivity contribution is 5.99. The van der Waals surface area contributed by atoms with Gasteiger partial charge in [0.25, 0.3) is 0 Å². The summed E-state index contributed by atoms with van der Waals surface area (Å²) in [6, 6.07) is 17.7. The summed E-state index contributed by atoms with van der Waals surface area (Å²) in [5.41, 5.74) is 2.94. The van der Waals surface area contributed by atoms with Gasteiger partial charge in [-0.05, 0) is 36.1 Å². The molecule has 3 aromatic rings. The summed E-state index contributed by atoms with van der Waals surface area (Å²) in [4.78, 5) is 33.6. The van der Waals surface area contributed by atoms with Crippen LogP contribution >= 0.6 is 0 Å². The minimum Gasteiger partial charge on any atom is -0.337 e. The van der Waals surface area contributed by atoms with Gasteiger partial charge in [-0.15, -0.1) is 0 Å². The van der Waals surface area contributed by atoms with E-state index >= 15 is 0 Å². The van der Waals surface area contributed by atoms with E-state index in [9.17, 15) is 9.59 Å². The maximum Gasteiger partial charge on any atom is 0.250 e. The van der Waals surface area contributed by atoms with E-state index in [1.165, 1.54) is 6.92 Å². The second kappa shape index (κ2) is 8.53. The van der Waals surface area contributed by atoms with Crippen molar-refractivity contribution in [2.75, 3.05) is 11.4 Å². The molecule has 0 saturated carbocycles. The summed E-state index contributed by atoms with van der Waals surface area (Å²) in [5, 5.41) is 0. The number of rotatable bonds is 5. The zero-order valence-corrected chi connectivity index (χ0v) is 17.4. The second-order valence-corrected chi connectivity index (χ2v) is 7.67. The van der Waals surface area contributed by atoms with Crippen molar-refractivity contribution in [2.24, 2.45) is 7.05 Å². The molecule has 154 valence electrons. The topological polar surface area (TPSA) is 58.4 Å². The molecule has 2 heterocycles. The number of imidazole rings is 1. The molecule has 1 aliphatic rings. The lowest BCUT2D eigenvalue weighted by molar-refractivity contribution is -0.135. The fraction of sp³-hybridized carbons (Fsp3) is 0.292. The normalized spacial score (nSPS) is 15.9. The first-order valence-corrected chi connectivity index (χ1v) is 10.2. The monoisotopic (exact) mass is 402 g/mol. The van der Waals surface area contributed by atoms with Gasteiger partial charge in [-0.25, -0.2) is 4.98 Å². The van der Waals surface area contributed by atoms with Crippen molar-refractivity contribution < 1.29 is 9.59 Å². The first kappa shape index (κ1) is 19.9. The molecule has 6 heteroatoms. The summed E-state index contributed by atoms with van der Waals surface area (Å²) >= 11 is 0. The number of aromatic nitrogens is 2. The zero-order chi connectivity index (χ0) is 21.1. The quantitative estimate of drug-likeness (QED) is 0.655. The Labute approximate surface area is 176 Å². The number of carbonyl (C=O) groups excluding carboxylic acids is 2. The molecule has 0 spiro atoms. The highest BCUT2D eigenvalue weighted by Crippen LogP contribution is 2.28. The number of amides is 2. The number of benzene rings is 2. The van der Waals surface area contributed by atoms with Gasteiger partial charge >= 0.3 is 0 Å². The highest BCUT2D eigenvalue weighted by atomic mass is 16.2. The molecule has 2 amide bonds. The molecule has 30 heavy (non-hydrogen) atoms. The van der Waals surface area contributed by atoms with Gasteiger partial charge < -0.3 is 14.4 Å². The Morgan fingerprint density at radius 1 is 1.10 bits per heavy atom. The summed E-state index contributed by atoms with van der Waals surface area (Å²) in [6.07, 6.45) is 5.13. The van der Waals surface area contributed by atoms with Crippen LogP contribution in [-0.4, -0.2) is 38.9 Å². The molecule has 1 unspecified atom stereocenters. The Hall–Kier alpha value is -3.41. The third-order valence-electron chi connectivity index (χ3n) is 5.69. The lowest BCUT2D eigenvalue weighted by Crippen LogP contribution is -2.47. The Bertz CT molecular complexity index is 1040. The van der Waals surface area contributed by atoms with Gasteiger partial charge in [0.05, 0.1) is 6.54 Å². The Morgan fingerprint density at radius 2 is 1.87 bits per heavy atom. The smallest absolute Gasteiger partial charge is 0.250 e. The number of carbonyl (C=O) groups is 2. The van der Waals surface area contributed by atoms with Gasteiger partial charge in [0.2, 0.25) is 11.8 Å². The van der Waals surface area contributed by atoms with Crippen molar-refractivity contribution in [1.82, 2.24) is 14.5 Å². The second-order valence-electron chi connectivity index (χ2n) is 7.67. The van der Waals surface area contributed by atoms with Crippen molar-refractivity contribution in [1.29, 1.82) is 0 Å². The zero-order valence-electron chi connectivity index (χ0n) is 17.4. The van der Waals surface area contributed by atoms with Crippen LogP contribution in [0.4, 0.5) is 5.69 Å². The molecule has 6 nitrogen and oxygen atoms in total. The molecule has 0 aliphatic carbocycles. The number of anilines is 1. The SMILES string of the molecule is CC(=O)N1CCCC1C(=O)N(Cc1nccn1C)c1cccc(-c2ccccc2)c1. The standard InChI is InChI=1S/C24H26N4O2/c1-18(29)27-14-7-12-22(27)24(30)28(17-23-25-13-15-26(23)2)21-11-6-10-20(16-21)19-8-4-3-5-9-19/h3-6,8-11,13,15-16,22H,7,12,14,17H2,1-2H3.